The molecule has 2 heterocycles. The molecule has 0 spiro atoms. The Kier molecular flexibility index (Phi) is 6.57. The van der Waals surface area contributed by atoms with Crippen molar-refractivity contribution < 1.29 is 14.3 Å². The van der Waals surface area contributed by atoms with Crippen molar-refractivity contribution in [1.82, 2.24) is 4.98 Å². The van der Waals surface area contributed by atoms with Gasteiger partial charge in [-0.05, 0) is 56.3 Å². The van der Waals surface area contributed by atoms with Crippen molar-refractivity contribution in [2.75, 3.05) is 37.0 Å². The van der Waals surface area contributed by atoms with Crippen LogP contribution >= 0.6 is 0 Å². The van der Waals surface area contributed by atoms with E-state index in [2.05, 4.69) is 29.8 Å². The summed E-state index contributed by atoms with van der Waals surface area (Å²) < 4.78 is 12.8. The van der Waals surface area contributed by atoms with Crippen molar-refractivity contribution >= 4 is 17.3 Å². The minimum atomic E-state index is -1.21. The third-order valence-corrected chi connectivity index (χ3v) is 6.86. The Morgan fingerprint density at radius 1 is 0.838 bits per heavy atom. The van der Waals surface area contributed by atoms with Gasteiger partial charge >= 0.3 is 5.97 Å². The van der Waals surface area contributed by atoms with Crippen LogP contribution < -0.4 is 14.5 Å². The third kappa shape index (κ3) is 4.29. The maximum absolute atomic E-state index is 13.2. The maximum Gasteiger partial charge on any atom is 0.358 e. The minimum Gasteiger partial charge on any atom is -0.457 e. The van der Waals surface area contributed by atoms with Gasteiger partial charge in [0.2, 0.25) is 0 Å². The van der Waals surface area contributed by atoms with Crippen LogP contribution in [0.2, 0.25) is 0 Å². The lowest BCUT2D eigenvalue weighted by Gasteiger charge is -2.32. The van der Waals surface area contributed by atoms with Gasteiger partial charge in [-0.1, -0.05) is 36.4 Å². The van der Waals surface area contributed by atoms with Crippen molar-refractivity contribution in [2.45, 2.75) is 19.4 Å². The molecule has 1 aliphatic heterocycles. The molecule has 0 amide bonds. The number of pyridine rings is 1. The van der Waals surface area contributed by atoms with Gasteiger partial charge in [-0.25, -0.2) is 9.78 Å². The second kappa shape index (κ2) is 9.97. The number of cyclic esters (lactones) is 1. The lowest BCUT2D eigenvalue weighted by atomic mass is 9.80. The smallest absolute Gasteiger partial charge is 0.358 e. The first-order valence-corrected chi connectivity index (χ1v) is 12.6. The molecule has 1 aliphatic rings. The molecule has 188 valence electrons. The zero-order valence-electron chi connectivity index (χ0n) is 21.6. The van der Waals surface area contributed by atoms with E-state index in [0.29, 0.717) is 22.8 Å². The monoisotopic (exact) mass is 493 g/mol. The van der Waals surface area contributed by atoms with Gasteiger partial charge in [0.25, 0.3) is 0 Å². The summed E-state index contributed by atoms with van der Waals surface area (Å²) in [6, 6.07) is 27.6. The average Bonchev–Trinajstić information content (AvgIpc) is 3.23. The normalized spacial score (nSPS) is 16.2. The summed E-state index contributed by atoms with van der Waals surface area (Å²) in [6.07, 6.45) is 1.62. The molecule has 0 saturated heterocycles. The summed E-state index contributed by atoms with van der Waals surface area (Å²) in [6.45, 7) is 5.98. The van der Waals surface area contributed by atoms with Crippen LogP contribution in [0.4, 0.5) is 11.4 Å². The molecule has 5 rings (SSSR count). The number of nitrogens with zero attached hydrogens (tertiary/aromatic N) is 3. The average molecular weight is 494 g/mol. The highest BCUT2D eigenvalue weighted by Gasteiger charge is 2.51. The number of benzene rings is 3. The molecule has 0 radical (unpaired) electrons. The van der Waals surface area contributed by atoms with Crippen LogP contribution in [0.15, 0.2) is 91.1 Å². The number of carbonyl (C=O) groups excluding carboxylic acids is 1. The van der Waals surface area contributed by atoms with Crippen LogP contribution in [0.1, 0.15) is 41.0 Å². The quantitative estimate of drug-likeness (QED) is 0.271. The van der Waals surface area contributed by atoms with E-state index in [1.807, 2.05) is 97.9 Å². The molecular weight excluding hydrogens is 462 g/mol. The Morgan fingerprint density at radius 3 is 2.22 bits per heavy atom. The molecule has 37 heavy (non-hydrogen) atoms. The predicted octanol–water partition coefficient (Wildman–Crippen LogP) is 6.25. The highest BCUT2D eigenvalue weighted by atomic mass is 16.6. The number of aromatic nitrogens is 1. The van der Waals surface area contributed by atoms with Gasteiger partial charge in [0.15, 0.2) is 11.3 Å². The summed E-state index contributed by atoms with van der Waals surface area (Å²) in [5.74, 6) is 0.872. The van der Waals surface area contributed by atoms with E-state index in [1.54, 1.807) is 6.20 Å². The van der Waals surface area contributed by atoms with Crippen molar-refractivity contribution in [3.63, 3.8) is 0 Å². The highest BCUT2D eigenvalue weighted by Crippen LogP contribution is 2.50. The fraction of sp³-hybridized carbons (Fsp3) is 0.226. The van der Waals surface area contributed by atoms with E-state index in [-0.39, 0.29) is 0 Å². The summed E-state index contributed by atoms with van der Waals surface area (Å²) in [5.41, 5.74) is 3.46. The third-order valence-electron chi connectivity index (χ3n) is 6.86. The van der Waals surface area contributed by atoms with Gasteiger partial charge < -0.3 is 19.3 Å². The molecule has 6 nitrogen and oxygen atoms in total. The predicted molar refractivity (Wildman–Crippen MR) is 147 cm³/mol. The number of hydrogen-bond donors (Lipinski definition) is 0. The van der Waals surface area contributed by atoms with Gasteiger partial charge in [0.1, 0.15) is 11.5 Å². The van der Waals surface area contributed by atoms with Gasteiger partial charge in [-0.15, -0.1) is 0 Å². The summed E-state index contributed by atoms with van der Waals surface area (Å²) in [4.78, 5) is 21.9. The van der Waals surface area contributed by atoms with Crippen LogP contribution in [-0.2, 0) is 10.3 Å². The first kappa shape index (κ1) is 24.4. The van der Waals surface area contributed by atoms with Crippen LogP contribution in [0.3, 0.4) is 0 Å². The van der Waals surface area contributed by atoms with E-state index in [0.717, 1.165) is 35.6 Å². The fourth-order valence-corrected chi connectivity index (χ4v) is 4.95. The summed E-state index contributed by atoms with van der Waals surface area (Å²) in [7, 11) is 3.99. The number of ether oxygens (including phenoxy) is 2. The Labute approximate surface area is 218 Å². The molecule has 1 atom stereocenters. The Bertz CT molecular complexity index is 1400. The van der Waals surface area contributed by atoms with E-state index < -0.39 is 11.6 Å². The molecule has 0 aliphatic carbocycles. The molecular formula is C31H31N3O3. The zero-order valence-corrected chi connectivity index (χ0v) is 21.6. The first-order valence-electron chi connectivity index (χ1n) is 12.6. The Morgan fingerprint density at radius 2 is 1.54 bits per heavy atom. The summed E-state index contributed by atoms with van der Waals surface area (Å²) >= 11 is 0. The molecule has 1 aromatic heterocycles. The SMILES string of the molecule is CCN(CC)c1ccc(C2(c3ccc(N(C)C)cc3)OC(=O)c3ncccc32)c(Oc2ccccc2)c1. The molecule has 0 fully saturated rings. The van der Waals surface area contributed by atoms with Gasteiger partial charge in [-0.2, -0.15) is 0 Å². The lowest BCUT2D eigenvalue weighted by molar-refractivity contribution is 0.0244. The van der Waals surface area contributed by atoms with Crippen LogP contribution in [0, 0.1) is 0 Å². The lowest BCUT2D eigenvalue weighted by Crippen LogP contribution is -2.30. The topological polar surface area (TPSA) is 54.9 Å². The number of carbonyl (C=O) groups is 1. The van der Waals surface area contributed by atoms with Crippen molar-refractivity contribution in [1.29, 1.82) is 0 Å². The van der Waals surface area contributed by atoms with Crippen molar-refractivity contribution in [2.24, 2.45) is 0 Å². The zero-order chi connectivity index (χ0) is 26.0. The molecule has 4 aromatic rings. The van der Waals surface area contributed by atoms with E-state index in [1.165, 1.54) is 0 Å². The molecule has 3 aromatic carbocycles. The molecule has 0 saturated carbocycles. The van der Waals surface area contributed by atoms with Gasteiger partial charge in [-0.3, -0.25) is 0 Å². The van der Waals surface area contributed by atoms with Gasteiger partial charge in [0, 0.05) is 67.5 Å². The van der Waals surface area contributed by atoms with Crippen LogP contribution in [-0.4, -0.2) is 38.1 Å². The number of anilines is 2. The second-order valence-corrected chi connectivity index (χ2v) is 9.18. The maximum atomic E-state index is 13.2. The first-order chi connectivity index (χ1) is 18.0. The highest BCUT2D eigenvalue weighted by molar-refractivity contribution is 5.94. The minimum absolute atomic E-state index is 0.317. The molecule has 6 heteroatoms. The standard InChI is InChI=1S/C31H31N3O3/c1-5-34(6-2)24-18-19-26(28(21-24)36-25-11-8-7-9-12-25)31(22-14-16-23(17-15-22)33(3)4)27-13-10-20-32-29(27)30(35)37-31/h7-21H,5-6H2,1-4H3. The van der Waals surface area contributed by atoms with Crippen molar-refractivity contribution in [3.05, 3.63) is 114 Å². The largest absolute Gasteiger partial charge is 0.457 e. The number of para-hydroxylation sites is 1. The Balaban J connectivity index is 1.77. The van der Waals surface area contributed by atoms with E-state index in [4.69, 9.17) is 9.47 Å². The van der Waals surface area contributed by atoms with E-state index >= 15 is 0 Å². The molecule has 0 bridgehead atoms. The number of fused-ring (bicyclic) bond motifs is 1. The Hall–Kier alpha value is -4.32. The second-order valence-electron chi connectivity index (χ2n) is 9.18. The van der Waals surface area contributed by atoms with Crippen molar-refractivity contribution in [3.8, 4) is 11.5 Å². The van der Waals surface area contributed by atoms with Gasteiger partial charge in [0.05, 0.1) is 0 Å². The fourth-order valence-electron chi connectivity index (χ4n) is 4.95. The number of rotatable bonds is 8. The molecule has 1 unspecified atom stereocenters. The number of hydrogen-bond acceptors (Lipinski definition) is 6. The molecule has 0 N–H and O–H groups in total. The summed E-state index contributed by atoms with van der Waals surface area (Å²) in [5, 5.41) is 0. The van der Waals surface area contributed by atoms with Crippen LogP contribution in [0.25, 0.3) is 0 Å². The van der Waals surface area contributed by atoms with Crippen LogP contribution in [0.5, 0.6) is 11.5 Å². The number of esters is 1. The van der Waals surface area contributed by atoms with E-state index in [9.17, 15) is 4.79 Å².